The molecular formula is C19H13N3O5S. The molecule has 28 heavy (non-hydrogen) atoms. The second-order valence-corrected chi connectivity index (χ2v) is 6.95. The minimum absolute atomic E-state index is 0.0370. The first kappa shape index (κ1) is 17.8. The van der Waals surface area contributed by atoms with Gasteiger partial charge in [0, 0.05) is 24.1 Å². The minimum atomic E-state index is -0.757. The van der Waals surface area contributed by atoms with Gasteiger partial charge in [-0.25, -0.2) is 4.79 Å². The summed E-state index contributed by atoms with van der Waals surface area (Å²) in [6.07, 6.45) is 0. The Bertz CT molecular complexity index is 1380. The zero-order valence-corrected chi connectivity index (χ0v) is 15.4. The molecule has 4 aromatic rings. The van der Waals surface area contributed by atoms with Gasteiger partial charge in [-0.3, -0.25) is 14.9 Å². The molecule has 4 rings (SSSR count). The second kappa shape index (κ2) is 6.86. The lowest BCUT2D eigenvalue weighted by atomic mass is 10.2. The zero-order valence-electron chi connectivity index (χ0n) is 14.6. The van der Waals surface area contributed by atoms with Gasteiger partial charge in [0.05, 0.1) is 15.1 Å². The predicted octanol–water partition coefficient (Wildman–Crippen LogP) is 3.48. The molecule has 2 heterocycles. The molecule has 9 heteroatoms. The van der Waals surface area contributed by atoms with E-state index >= 15 is 0 Å². The summed E-state index contributed by atoms with van der Waals surface area (Å²) in [5, 5.41) is 11.6. The molecule has 0 atom stereocenters. The quantitative estimate of drug-likeness (QED) is 0.300. The van der Waals surface area contributed by atoms with E-state index in [4.69, 9.17) is 4.42 Å². The Morgan fingerprint density at radius 3 is 2.79 bits per heavy atom. The first-order valence-corrected chi connectivity index (χ1v) is 9.19. The van der Waals surface area contributed by atoms with Crippen LogP contribution >= 0.6 is 11.3 Å². The van der Waals surface area contributed by atoms with E-state index in [0.717, 1.165) is 16.9 Å². The molecule has 2 aromatic heterocycles. The van der Waals surface area contributed by atoms with Gasteiger partial charge in [0.2, 0.25) is 0 Å². The number of amides is 1. The highest BCUT2D eigenvalue weighted by Crippen LogP contribution is 2.23. The number of non-ortho nitro benzene ring substituents is 1. The molecule has 8 nitrogen and oxygen atoms in total. The molecule has 140 valence electrons. The van der Waals surface area contributed by atoms with Crippen molar-refractivity contribution in [2.75, 3.05) is 0 Å². The SMILES string of the molecule is CCn1c(=NC(=O)c2cc3ccccc3oc2=O)sc2cc([N+](=O)[O-])ccc21. The first-order chi connectivity index (χ1) is 13.5. The topological polar surface area (TPSA) is 108 Å². The summed E-state index contributed by atoms with van der Waals surface area (Å²) in [5.41, 5.74) is 0.166. The maximum atomic E-state index is 12.7. The van der Waals surface area contributed by atoms with Gasteiger partial charge in [-0.15, -0.1) is 0 Å². The van der Waals surface area contributed by atoms with Crippen molar-refractivity contribution in [3.63, 3.8) is 0 Å². The molecule has 2 aromatic carbocycles. The van der Waals surface area contributed by atoms with Gasteiger partial charge < -0.3 is 8.98 Å². The molecule has 0 N–H and O–H groups in total. The van der Waals surface area contributed by atoms with E-state index in [0.29, 0.717) is 27.0 Å². The third-order valence-electron chi connectivity index (χ3n) is 4.26. The summed E-state index contributed by atoms with van der Waals surface area (Å²) in [5.74, 6) is -0.720. The largest absolute Gasteiger partial charge is 0.422 e. The fourth-order valence-electron chi connectivity index (χ4n) is 2.92. The number of nitrogens with zero attached hydrogens (tertiary/aromatic N) is 3. The Morgan fingerprint density at radius 2 is 2.04 bits per heavy atom. The number of carbonyl (C=O) groups is 1. The average Bonchev–Trinajstić information content (AvgIpc) is 3.03. The lowest BCUT2D eigenvalue weighted by molar-refractivity contribution is -0.384. The summed E-state index contributed by atoms with van der Waals surface area (Å²) in [6.45, 7) is 2.39. The van der Waals surface area contributed by atoms with Crippen LogP contribution in [0.4, 0.5) is 5.69 Å². The predicted molar refractivity (Wildman–Crippen MR) is 105 cm³/mol. The van der Waals surface area contributed by atoms with Crippen LogP contribution in [0.1, 0.15) is 17.3 Å². The number of hydrogen-bond donors (Lipinski definition) is 0. The summed E-state index contributed by atoms with van der Waals surface area (Å²) < 4.78 is 7.60. The molecule has 1 amide bonds. The van der Waals surface area contributed by atoms with Gasteiger partial charge >= 0.3 is 5.63 Å². The van der Waals surface area contributed by atoms with Crippen LogP contribution in [-0.2, 0) is 6.54 Å². The maximum absolute atomic E-state index is 12.7. The summed E-state index contributed by atoms with van der Waals surface area (Å²) >= 11 is 1.15. The van der Waals surface area contributed by atoms with Crippen molar-refractivity contribution in [3.8, 4) is 0 Å². The highest BCUT2D eigenvalue weighted by Gasteiger charge is 2.15. The van der Waals surface area contributed by atoms with E-state index < -0.39 is 16.5 Å². The van der Waals surface area contributed by atoms with E-state index in [9.17, 15) is 19.7 Å². The Balaban J connectivity index is 1.87. The fraction of sp³-hybridized carbons (Fsp3) is 0.105. The summed E-state index contributed by atoms with van der Waals surface area (Å²) in [4.78, 5) is 39.8. The number of nitro groups is 1. The molecule has 0 radical (unpaired) electrons. The van der Waals surface area contributed by atoms with Crippen molar-refractivity contribution >= 4 is 44.1 Å². The zero-order chi connectivity index (χ0) is 19.8. The third kappa shape index (κ3) is 3.01. The van der Waals surface area contributed by atoms with E-state index in [1.54, 1.807) is 34.9 Å². The second-order valence-electron chi connectivity index (χ2n) is 5.94. The number of benzene rings is 2. The van der Waals surface area contributed by atoms with Crippen molar-refractivity contribution in [3.05, 3.63) is 79.4 Å². The maximum Gasteiger partial charge on any atom is 0.349 e. The van der Waals surface area contributed by atoms with Gasteiger partial charge in [0.1, 0.15) is 11.1 Å². The summed E-state index contributed by atoms with van der Waals surface area (Å²) in [6, 6.07) is 12.8. The van der Waals surface area contributed by atoms with Crippen LogP contribution in [0, 0.1) is 10.1 Å². The molecule has 0 bridgehead atoms. The number of rotatable bonds is 3. The fourth-order valence-corrected chi connectivity index (χ4v) is 4.05. The van der Waals surface area contributed by atoms with E-state index in [1.165, 1.54) is 18.2 Å². The molecule has 0 saturated carbocycles. The normalized spacial score (nSPS) is 12.0. The lowest BCUT2D eigenvalue weighted by Crippen LogP contribution is -2.19. The van der Waals surface area contributed by atoms with Crippen LogP contribution in [0.15, 0.2) is 62.7 Å². The number of thiazole rings is 1. The number of hydrogen-bond acceptors (Lipinski definition) is 6. The van der Waals surface area contributed by atoms with Crippen LogP contribution in [0.25, 0.3) is 21.2 Å². The molecule has 0 saturated heterocycles. The van der Waals surface area contributed by atoms with Crippen LogP contribution in [0.5, 0.6) is 0 Å². The lowest BCUT2D eigenvalue weighted by Gasteiger charge is -2.00. The highest BCUT2D eigenvalue weighted by molar-refractivity contribution is 7.16. The Labute approximate surface area is 161 Å². The van der Waals surface area contributed by atoms with E-state index in [2.05, 4.69) is 4.99 Å². The molecule has 0 aliphatic carbocycles. The Morgan fingerprint density at radius 1 is 1.25 bits per heavy atom. The van der Waals surface area contributed by atoms with Crippen LogP contribution in [0.2, 0.25) is 0 Å². The van der Waals surface area contributed by atoms with Crippen LogP contribution < -0.4 is 10.4 Å². The van der Waals surface area contributed by atoms with Gasteiger partial charge in [-0.1, -0.05) is 29.5 Å². The van der Waals surface area contributed by atoms with E-state index in [-0.39, 0.29) is 11.3 Å². The van der Waals surface area contributed by atoms with Crippen LogP contribution in [-0.4, -0.2) is 15.4 Å². The number of para-hydroxylation sites is 1. The molecule has 0 spiro atoms. The van der Waals surface area contributed by atoms with Crippen molar-refractivity contribution in [2.45, 2.75) is 13.5 Å². The standard InChI is InChI=1S/C19H13N3O5S/c1-2-21-14-8-7-12(22(25)26)10-16(14)28-19(21)20-17(23)13-9-11-5-3-4-6-15(11)27-18(13)24/h3-10H,2H2,1H3. The van der Waals surface area contributed by atoms with Gasteiger partial charge in [-0.2, -0.15) is 4.99 Å². The number of nitro benzene ring substituents is 1. The average molecular weight is 395 g/mol. The minimum Gasteiger partial charge on any atom is -0.422 e. The number of fused-ring (bicyclic) bond motifs is 2. The van der Waals surface area contributed by atoms with Crippen molar-refractivity contribution < 1.29 is 14.1 Å². The highest BCUT2D eigenvalue weighted by atomic mass is 32.1. The number of carbonyl (C=O) groups excluding carboxylic acids is 1. The van der Waals surface area contributed by atoms with Crippen molar-refractivity contribution in [1.82, 2.24) is 4.57 Å². The van der Waals surface area contributed by atoms with E-state index in [1.807, 2.05) is 6.92 Å². The number of aryl methyl sites for hydroxylation is 1. The third-order valence-corrected chi connectivity index (χ3v) is 5.30. The molecule has 0 aliphatic rings. The Kier molecular flexibility index (Phi) is 4.36. The van der Waals surface area contributed by atoms with Gasteiger partial charge in [0.25, 0.3) is 11.6 Å². The molecule has 0 unspecified atom stereocenters. The van der Waals surface area contributed by atoms with Crippen molar-refractivity contribution in [1.29, 1.82) is 0 Å². The summed E-state index contributed by atoms with van der Waals surface area (Å²) in [7, 11) is 0. The van der Waals surface area contributed by atoms with Gasteiger partial charge in [-0.05, 0) is 25.1 Å². The monoisotopic (exact) mass is 395 g/mol. The smallest absolute Gasteiger partial charge is 0.349 e. The van der Waals surface area contributed by atoms with Gasteiger partial charge in [0.15, 0.2) is 4.80 Å². The molecular weight excluding hydrogens is 382 g/mol. The molecule has 0 fully saturated rings. The van der Waals surface area contributed by atoms with Crippen molar-refractivity contribution in [2.24, 2.45) is 4.99 Å². The van der Waals surface area contributed by atoms with Crippen LogP contribution in [0.3, 0.4) is 0 Å². The first-order valence-electron chi connectivity index (χ1n) is 8.37. The molecule has 0 aliphatic heterocycles. The Hall–Kier alpha value is -3.59. The number of aromatic nitrogens is 1.